The van der Waals surface area contributed by atoms with Crippen LogP contribution in [0.2, 0.25) is 0 Å². The summed E-state index contributed by atoms with van der Waals surface area (Å²) in [4.78, 5) is 11.8. The molecule has 15 heavy (non-hydrogen) atoms. The van der Waals surface area contributed by atoms with Crippen LogP contribution in [0.5, 0.6) is 0 Å². The fourth-order valence-corrected chi connectivity index (χ4v) is 1.17. The molecule has 1 unspecified atom stereocenters. The molecule has 1 aromatic rings. The van der Waals surface area contributed by atoms with Crippen molar-refractivity contribution in [1.29, 1.82) is 0 Å². The second kappa shape index (κ2) is 4.14. The van der Waals surface area contributed by atoms with Gasteiger partial charge in [-0.15, -0.1) is 0 Å². The third-order valence-electron chi connectivity index (χ3n) is 2.52. The monoisotopic (exact) mass is 209 g/mol. The molecule has 0 aliphatic heterocycles. The lowest BCUT2D eigenvalue weighted by Gasteiger charge is -2.26. The van der Waals surface area contributed by atoms with Gasteiger partial charge >= 0.3 is 0 Å². The van der Waals surface area contributed by atoms with Gasteiger partial charge in [0.1, 0.15) is 5.69 Å². The maximum absolute atomic E-state index is 11.8. The minimum Gasteiger partial charge on any atom is -0.327 e. The molecule has 1 heterocycles. The summed E-state index contributed by atoms with van der Waals surface area (Å²) in [5.74, 6) is 0.0121. The summed E-state index contributed by atoms with van der Waals surface area (Å²) in [6.07, 6.45) is 2.11. The van der Waals surface area contributed by atoms with Gasteiger partial charge in [-0.1, -0.05) is 20.8 Å². The van der Waals surface area contributed by atoms with E-state index >= 15 is 0 Å². The van der Waals surface area contributed by atoms with Crippen LogP contribution >= 0.6 is 0 Å². The fraction of sp³-hybridized carbons (Fsp3) is 0.636. The van der Waals surface area contributed by atoms with E-state index in [0.717, 1.165) is 0 Å². The number of nitrogens with two attached hydrogens (primary N) is 1. The summed E-state index contributed by atoms with van der Waals surface area (Å²) < 4.78 is 1.62. The van der Waals surface area contributed by atoms with Gasteiger partial charge in [-0.05, 0) is 11.5 Å². The van der Waals surface area contributed by atoms with Crippen LogP contribution < -0.4 is 5.73 Å². The van der Waals surface area contributed by atoms with Crippen molar-refractivity contribution < 1.29 is 4.79 Å². The van der Waals surface area contributed by atoms with Crippen LogP contribution in [-0.2, 0) is 7.05 Å². The average molecular weight is 209 g/mol. The molecule has 0 radical (unpaired) electrons. The Labute approximate surface area is 90.5 Å². The number of Topliss-reactive ketones (excluding diaryl/α,β-unsaturated/α-hetero) is 1. The number of aryl methyl sites for hydroxylation is 1. The first-order valence-corrected chi connectivity index (χ1v) is 5.09. The first-order valence-electron chi connectivity index (χ1n) is 5.09. The van der Waals surface area contributed by atoms with Crippen molar-refractivity contribution in [2.75, 3.05) is 0 Å². The zero-order valence-corrected chi connectivity index (χ0v) is 9.82. The number of carbonyl (C=O) groups excluding carboxylic acids is 1. The van der Waals surface area contributed by atoms with Crippen molar-refractivity contribution in [2.45, 2.75) is 33.2 Å². The van der Waals surface area contributed by atoms with E-state index in [-0.39, 0.29) is 17.2 Å². The van der Waals surface area contributed by atoms with Crippen molar-refractivity contribution in [1.82, 2.24) is 9.78 Å². The van der Waals surface area contributed by atoms with E-state index < -0.39 is 0 Å². The zero-order chi connectivity index (χ0) is 11.6. The standard InChI is InChI=1S/C11H19N3O/c1-11(2,3)10(12)7-9(15)8-5-6-14(4)13-8/h5-6,10H,7,12H2,1-4H3. The summed E-state index contributed by atoms with van der Waals surface area (Å²) in [6.45, 7) is 6.09. The van der Waals surface area contributed by atoms with Gasteiger partial charge in [0.2, 0.25) is 0 Å². The Morgan fingerprint density at radius 3 is 2.60 bits per heavy atom. The van der Waals surface area contributed by atoms with Crippen LogP contribution in [0, 0.1) is 5.41 Å². The molecule has 0 aromatic carbocycles. The number of aromatic nitrogens is 2. The molecule has 0 amide bonds. The lowest BCUT2D eigenvalue weighted by molar-refractivity contribution is 0.0947. The van der Waals surface area contributed by atoms with Crippen molar-refractivity contribution in [3.8, 4) is 0 Å². The van der Waals surface area contributed by atoms with E-state index in [1.54, 1.807) is 24.0 Å². The smallest absolute Gasteiger partial charge is 0.184 e. The number of ketones is 1. The minimum atomic E-state index is -0.132. The maximum Gasteiger partial charge on any atom is 0.184 e. The largest absolute Gasteiger partial charge is 0.327 e. The molecule has 0 aliphatic carbocycles. The van der Waals surface area contributed by atoms with Crippen molar-refractivity contribution in [3.63, 3.8) is 0 Å². The molecule has 4 nitrogen and oxygen atoms in total. The van der Waals surface area contributed by atoms with E-state index in [9.17, 15) is 4.79 Å². The third-order valence-corrected chi connectivity index (χ3v) is 2.52. The first-order chi connectivity index (χ1) is 6.80. The molecule has 0 aliphatic rings. The zero-order valence-electron chi connectivity index (χ0n) is 9.82. The Morgan fingerprint density at radius 1 is 1.60 bits per heavy atom. The van der Waals surface area contributed by atoms with Crippen molar-refractivity contribution in [2.24, 2.45) is 18.2 Å². The van der Waals surface area contributed by atoms with E-state index in [1.165, 1.54) is 0 Å². The maximum atomic E-state index is 11.8. The second-order valence-electron chi connectivity index (χ2n) is 4.97. The average Bonchev–Trinajstić information content (AvgIpc) is 2.50. The van der Waals surface area contributed by atoms with Crippen molar-refractivity contribution >= 4 is 5.78 Å². The van der Waals surface area contributed by atoms with Crippen LogP contribution in [0.1, 0.15) is 37.7 Å². The Morgan fingerprint density at radius 2 is 2.20 bits per heavy atom. The lowest BCUT2D eigenvalue weighted by Crippen LogP contribution is -2.37. The first kappa shape index (κ1) is 11.9. The number of rotatable bonds is 3. The van der Waals surface area contributed by atoms with E-state index in [0.29, 0.717) is 12.1 Å². The molecule has 0 spiro atoms. The number of nitrogens with zero attached hydrogens (tertiary/aromatic N) is 2. The van der Waals surface area contributed by atoms with Crippen LogP contribution in [0.25, 0.3) is 0 Å². The Bertz CT molecular complexity index is 349. The predicted molar refractivity (Wildman–Crippen MR) is 59.6 cm³/mol. The molecule has 2 N–H and O–H groups in total. The highest BCUT2D eigenvalue weighted by Crippen LogP contribution is 2.20. The summed E-state index contributed by atoms with van der Waals surface area (Å²) in [5.41, 5.74) is 6.39. The van der Waals surface area contributed by atoms with Gasteiger partial charge in [0.05, 0.1) is 0 Å². The van der Waals surface area contributed by atoms with Gasteiger partial charge in [0.15, 0.2) is 5.78 Å². The molecule has 0 saturated carbocycles. The Kier molecular flexibility index (Phi) is 3.29. The molecule has 0 saturated heterocycles. The summed E-state index contributed by atoms with van der Waals surface area (Å²) in [6, 6.07) is 1.59. The van der Waals surface area contributed by atoms with E-state index in [2.05, 4.69) is 5.10 Å². The van der Waals surface area contributed by atoms with E-state index in [4.69, 9.17) is 5.73 Å². The van der Waals surface area contributed by atoms with Gasteiger partial charge in [0, 0.05) is 25.7 Å². The molecule has 1 atom stereocenters. The number of hydrogen-bond donors (Lipinski definition) is 1. The minimum absolute atomic E-state index is 0.0121. The summed E-state index contributed by atoms with van der Waals surface area (Å²) >= 11 is 0. The van der Waals surface area contributed by atoms with Crippen LogP contribution in [0.15, 0.2) is 12.3 Å². The van der Waals surface area contributed by atoms with Gasteiger partial charge in [0.25, 0.3) is 0 Å². The Balaban J connectivity index is 2.64. The van der Waals surface area contributed by atoms with Gasteiger partial charge < -0.3 is 5.73 Å². The highest BCUT2D eigenvalue weighted by atomic mass is 16.1. The fourth-order valence-electron chi connectivity index (χ4n) is 1.17. The number of carbonyl (C=O) groups is 1. The van der Waals surface area contributed by atoms with Crippen LogP contribution in [0.3, 0.4) is 0 Å². The summed E-state index contributed by atoms with van der Waals surface area (Å²) in [5, 5.41) is 4.06. The molecular formula is C11H19N3O. The van der Waals surface area contributed by atoms with Gasteiger partial charge in [-0.25, -0.2) is 0 Å². The summed E-state index contributed by atoms with van der Waals surface area (Å²) in [7, 11) is 1.79. The number of hydrogen-bond acceptors (Lipinski definition) is 3. The molecule has 84 valence electrons. The second-order valence-corrected chi connectivity index (χ2v) is 4.97. The molecule has 1 rings (SSSR count). The van der Waals surface area contributed by atoms with Crippen LogP contribution in [0.4, 0.5) is 0 Å². The molecule has 0 bridgehead atoms. The van der Waals surface area contributed by atoms with E-state index in [1.807, 2.05) is 20.8 Å². The topological polar surface area (TPSA) is 60.9 Å². The normalized spacial score (nSPS) is 13.9. The molecule has 1 aromatic heterocycles. The quantitative estimate of drug-likeness (QED) is 0.765. The SMILES string of the molecule is Cn1ccc(C(=O)CC(N)C(C)(C)C)n1. The van der Waals surface area contributed by atoms with Crippen LogP contribution in [-0.4, -0.2) is 21.6 Å². The van der Waals surface area contributed by atoms with Gasteiger partial charge in [-0.2, -0.15) is 5.10 Å². The molecular weight excluding hydrogens is 190 g/mol. The molecule has 0 fully saturated rings. The predicted octanol–water partition coefficient (Wildman–Crippen LogP) is 1.37. The highest BCUT2D eigenvalue weighted by Gasteiger charge is 2.24. The van der Waals surface area contributed by atoms with Gasteiger partial charge in [-0.3, -0.25) is 9.48 Å². The third kappa shape index (κ3) is 3.16. The van der Waals surface area contributed by atoms with Crippen molar-refractivity contribution in [3.05, 3.63) is 18.0 Å². The Hall–Kier alpha value is -1.16. The molecule has 4 heteroatoms. The lowest BCUT2D eigenvalue weighted by atomic mass is 9.84. The highest BCUT2D eigenvalue weighted by molar-refractivity contribution is 5.94.